The molecule has 2 aromatic rings. The van der Waals surface area contributed by atoms with Crippen LogP contribution in [0.4, 0.5) is 5.95 Å². The number of hydrogen-bond acceptors (Lipinski definition) is 7. The second kappa shape index (κ2) is 7.99. The molecular formula is C21H27N5O5. The van der Waals surface area contributed by atoms with Crippen molar-refractivity contribution in [2.24, 2.45) is 0 Å². The van der Waals surface area contributed by atoms with Crippen molar-refractivity contribution in [3.63, 3.8) is 0 Å². The molecule has 2 fully saturated rings. The lowest BCUT2D eigenvalue weighted by molar-refractivity contribution is -0.132. The number of piperidine rings is 1. The van der Waals surface area contributed by atoms with Gasteiger partial charge in [0.1, 0.15) is 5.76 Å². The number of aromatic amines is 2. The molecule has 0 unspecified atom stereocenters. The van der Waals surface area contributed by atoms with Gasteiger partial charge >= 0.3 is 0 Å². The Morgan fingerprint density at radius 3 is 2.61 bits per heavy atom. The van der Waals surface area contributed by atoms with E-state index in [1.807, 2.05) is 4.90 Å². The fourth-order valence-electron chi connectivity index (χ4n) is 5.07. The summed E-state index contributed by atoms with van der Waals surface area (Å²) in [6.07, 6.45) is 3.97. The van der Waals surface area contributed by atoms with Crippen molar-refractivity contribution < 1.29 is 14.1 Å². The molecule has 0 bridgehead atoms. The SMILES string of the molecule is O=C(CCc1cc(=O)[nH]o1)N1CCC2(CCc3c2nc(N2CCOCC2)[nH]c3=O)CC1. The van der Waals surface area contributed by atoms with Gasteiger partial charge in [-0.3, -0.25) is 19.4 Å². The number of likely N-dealkylation sites (tertiary alicyclic amines) is 1. The summed E-state index contributed by atoms with van der Waals surface area (Å²) in [6.45, 7) is 4.01. The Kier molecular flexibility index (Phi) is 5.17. The first-order valence-corrected chi connectivity index (χ1v) is 11.0. The maximum absolute atomic E-state index is 12.7. The Morgan fingerprint density at radius 2 is 1.90 bits per heavy atom. The normalized spacial score (nSPS) is 20.3. The second-order valence-corrected chi connectivity index (χ2v) is 8.66. The van der Waals surface area contributed by atoms with Gasteiger partial charge in [0.15, 0.2) is 0 Å². The van der Waals surface area contributed by atoms with Gasteiger partial charge in [-0.05, 0) is 25.7 Å². The first-order chi connectivity index (χ1) is 15.0. The number of fused-ring (bicyclic) bond motifs is 2. The zero-order chi connectivity index (χ0) is 21.4. The number of anilines is 1. The molecule has 10 heteroatoms. The standard InChI is InChI=1S/C21H27N5O5/c27-16-13-14(31-24-16)1-2-17(28)25-7-5-21(6-8-25)4-3-15-18(21)22-20(23-19(15)29)26-9-11-30-12-10-26/h13H,1-12H2,(H,24,27)(H,22,23,29). The predicted molar refractivity (Wildman–Crippen MR) is 111 cm³/mol. The average molecular weight is 429 g/mol. The van der Waals surface area contributed by atoms with Gasteiger partial charge in [0.25, 0.3) is 11.1 Å². The number of amides is 1. The van der Waals surface area contributed by atoms with Gasteiger partial charge in [-0.2, -0.15) is 5.16 Å². The molecule has 5 rings (SSSR count). The van der Waals surface area contributed by atoms with Crippen LogP contribution in [0.15, 0.2) is 20.2 Å². The number of ether oxygens (including phenoxy) is 1. The Bertz CT molecular complexity index is 1070. The minimum atomic E-state index is -0.291. The molecule has 0 radical (unpaired) electrons. The number of carbonyl (C=O) groups is 1. The minimum Gasteiger partial charge on any atom is -0.384 e. The second-order valence-electron chi connectivity index (χ2n) is 8.66. The first-order valence-electron chi connectivity index (χ1n) is 11.0. The van der Waals surface area contributed by atoms with Crippen molar-refractivity contribution in [1.82, 2.24) is 20.0 Å². The fraction of sp³-hybridized carbons (Fsp3) is 0.619. The van der Waals surface area contributed by atoms with Crippen LogP contribution in [0.5, 0.6) is 0 Å². The predicted octanol–water partition coefficient (Wildman–Crippen LogP) is 0.327. The molecule has 3 aliphatic rings. The number of rotatable bonds is 4. The molecule has 166 valence electrons. The number of morpholine rings is 1. The van der Waals surface area contributed by atoms with Crippen LogP contribution in [-0.4, -0.2) is 65.3 Å². The Balaban J connectivity index is 1.28. The van der Waals surface area contributed by atoms with Crippen molar-refractivity contribution in [2.45, 2.75) is 43.9 Å². The number of carbonyl (C=O) groups excluding carboxylic acids is 1. The fourth-order valence-corrected chi connectivity index (χ4v) is 5.07. The molecule has 1 spiro atoms. The highest BCUT2D eigenvalue weighted by Gasteiger charge is 2.44. The van der Waals surface area contributed by atoms with E-state index in [1.54, 1.807) is 0 Å². The number of aryl methyl sites for hydroxylation is 1. The molecule has 10 nitrogen and oxygen atoms in total. The van der Waals surface area contributed by atoms with Crippen LogP contribution in [0, 0.1) is 0 Å². The summed E-state index contributed by atoms with van der Waals surface area (Å²) in [6, 6.07) is 1.38. The van der Waals surface area contributed by atoms with E-state index in [1.165, 1.54) is 6.07 Å². The highest BCUT2D eigenvalue weighted by molar-refractivity contribution is 5.76. The van der Waals surface area contributed by atoms with Crippen molar-refractivity contribution in [1.29, 1.82) is 0 Å². The third-order valence-electron chi connectivity index (χ3n) is 6.90. The topological polar surface area (TPSA) is 125 Å². The maximum atomic E-state index is 12.7. The smallest absolute Gasteiger partial charge is 0.280 e. The van der Waals surface area contributed by atoms with E-state index in [2.05, 4.69) is 15.0 Å². The number of aromatic nitrogens is 3. The monoisotopic (exact) mass is 429 g/mol. The molecule has 0 atom stereocenters. The first kappa shape index (κ1) is 20.0. The van der Waals surface area contributed by atoms with Gasteiger partial charge in [0.2, 0.25) is 11.9 Å². The van der Waals surface area contributed by atoms with Crippen LogP contribution >= 0.6 is 0 Å². The van der Waals surface area contributed by atoms with Gasteiger partial charge in [-0.25, -0.2) is 4.98 Å². The van der Waals surface area contributed by atoms with Gasteiger partial charge in [0.05, 0.1) is 18.9 Å². The number of hydrogen-bond donors (Lipinski definition) is 2. The van der Waals surface area contributed by atoms with E-state index in [4.69, 9.17) is 14.2 Å². The molecule has 4 heterocycles. The van der Waals surface area contributed by atoms with Crippen LogP contribution in [0.25, 0.3) is 0 Å². The summed E-state index contributed by atoms with van der Waals surface area (Å²) >= 11 is 0. The average Bonchev–Trinajstić information content (AvgIpc) is 3.37. The minimum absolute atomic E-state index is 0.0325. The molecule has 2 aromatic heterocycles. The van der Waals surface area contributed by atoms with E-state index in [9.17, 15) is 14.4 Å². The molecule has 2 N–H and O–H groups in total. The molecule has 2 saturated heterocycles. The quantitative estimate of drug-likeness (QED) is 0.717. The summed E-state index contributed by atoms with van der Waals surface area (Å²) in [7, 11) is 0. The summed E-state index contributed by atoms with van der Waals surface area (Å²) < 4.78 is 10.4. The number of H-pyrrole nitrogens is 2. The summed E-state index contributed by atoms with van der Waals surface area (Å²) in [5.41, 5.74) is 1.28. The zero-order valence-electron chi connectivity index (χ0n) is 17.4. The molecule has 0 saturated carbocycles. The summed E-state index contributed by atoms with van der Waals surface area (Å²) in [5.74, 6) is 1.19. The molecule has 1 aliphatic carbocycles. The van der Waals surface area contributed by atoms with Crippen molar-refractivity contribution in [3.05, 3.63) is 43.8 Å². The van der Waals surface area contributed by atoms with Crippen molar-refractivity contribution in [2.75, 3.05) is 44.3 Å². The zero-order valence-corrected chi connectivity index (χ0v) is 17.4. The highest BCUT2D eigenvalue weighted by atomic mass is 16.5. The third kappa shape index (κ3) is 3.80. The Labute approximate surface area is 178 Å². The lowest BCUT2D eigenvalue weighted by atomic mass is 9.76. The largest absolute Gasteiger partial charge is 0.384 e. The Morgan fingerprint density at radius 1 is 1.13 bits per heavy atom. The van der Waals surface area contributed by atoms with Crippen LogP contribution in [0.3, 0.4) is 0 Å². The van der Waals surface area contributed by atoms with E-state index in [0.717, 1.165) is 50.0 Å². The number of nitrogens with one attached hydrogen (secondary N) is 2. The lowest BCUT2D eigenvalue weighted by Crippen LogP contribution is -2.45. The molecule has 1 amide bonds. The van der Waals surface area contributed by atoms with Gasteiger partial charge in [-0.15, -0.1) is 0 Å². The van der Waals surface area contributed by atoms with E-state index in [-0.39, 0.29) is 22.4 Å². The van der Waals surface area contributed by atoms with Crippen LogP contribution in [-0.2, 0) is 27.8 Å². The van der Waals surface area contributed by atoms with Crippen molar-refractivity contribution in [3.8, 4) is 0 Å². The summed E-state index contributed by atoms with van der Waals surface area (Å²) in [5, 5.41) is 2.25. The van der Waals surface area contributed by atoms with Gasteiger partial charge in [-0.1, -0.05) is 0 Å². The molecular weight excluding hydrogens is 402 g/mol. The third-order valence-corrected chi connectivity index (χ3v) is 6.90. The van der Waals surface area contributed by atoms with Gasteiger partial charge < -0.3 is 19.1 Å². The molecule has 0 aromatic carbocycles. The van der Waals surface area contributed by atoms with E-state index >= 15 is 0 Å². The van der Waals surface area contributed by atoms with Crippen LogP contribution < -0.4 is 16.0 Å². The van der Waals surface area contributed by atoms with E-state index in [0.29, 0.717) is 50.9 Å². The molecule has 2 aliphatic heterocycles. The van der Waals surface area contributed by atoms with Crippen molar-refractivity contribution >= 4 is 11.9 Å². The van der Waals surface area contributed by atoms with Crippen LogP contribution in [0.2, 0.25) is 0 Å². The van der Waals surface area contributed by atoms with E-state index < -0.39 is 0 Å². The lowest BCUT2D eigenvalue weighted by Gasteiger charge is -2.39. The maximum Gasteiger partial charge on any atom is 0.280 e. The number of nitrogens with zero attached hydrogens (tertiary/aromatic N) is 3. The Hall–Kier alpha value is -2.88. The molecule has 31 heavy (non-hydrogen) atoms. The highest BCUT2D eigenvalue weighted by Crippen LogP contribution is 2.44. The summed E-state index contributed by atoms with van der Waals surface area (Å²) in [4.78, 5) is 48.4. The van der Waals surface area contributed by atoms with Gasteiger partial charge in [0, 0.05) is 56.1 Å². The van der Waals surface area contributed by atoms with Crippen LogP contribution in [0.1, 0.15) is 42.7 Å².